The molecule has 0 radical (unpaired) electrons. The van der Waals surface area contributed by atoms with E-state index in [1.54, 1.807) is 21.3 Å². The summed E-state index contributed by atoms with van der Waals surface area (Å²) >= 11 is 0. The first-order chi connectivity index (χ1) is 11.1. The lowest BCUT2D eigenvalue weighted by atomic mass is 10.0. The number of nitrogens with zero attached hydrogens (tertiary/aromatic N) is 4. The predicted octanol–water partition coefficient (Wildman–Crippen LogP) is -0.0739. The van der Waals surface area contributed by atoms with Crippen molar-refractivity contribution in [1.29, 1.82) is 0 Å². The van der Waals surface area contributed by atoms with Crippen LogP contribution in [0.5, 0.6) is 0 Å². The van der Waals surface area contributed by atoms with Crippen LogP contribution in [-0.2, 0) is 6.54 Å². The van der Waals surface area contributed by atoms with Crippen LogP contribution in [-0.4, -0.2) is 44.7 Å². The lowest BCUT2D eigenvalue weighted by Gasteiger charge is -2.35. The fraction of sp³-hybridized carbons (Fsp3) is 0.562. The van der Waals surface area contributed by atoms with Gasteiger partial charge in [-0.1, -0.05) is 0 Å². The number of aromatic nitrogens is 3. The molecule has 0 saturated carbocycles. The molecule has 4 heterocycles. The first-order valence-electron chi connectivity index (χ1n) is 8.22. The van der Waals surface area contributed by atoms with Crippen LogP contribution in [0.15, 0.2) is 27.9 Å². The monoisotopic (exact) mass is 315 g/mol. The standard InChI is InChI=1S/C16H21N5O2/c17-11-3-6-19(7-4-11)10-12-5-8-20-15(23)9-18-13-1-2-14(22)21(12)16(13)20/h1-2,9,11-12H,3-8,10,17H2. The minimum atomic E-state index is -0.140. The maximum absolute atomic E-state index is 12.4. The molecule has 2 aromatic rings. The van der Waals surface area contributed by atoms with E-state index in [1.807, 2.05) is 0 Å². The zero-order chi connectivity index (χ0) is 16.0. The number of hydrogen-bond donors (Lipinski definition) is 1. The largest absolute Gasteiger partial charge is 0.328 e. The molecule has 1 unspecified atom stereocenters. The number of rotatable bonds is 2. The summed E-state index contributed by atoms with van der Waals surface area (Å²) in [6, 6.07) is 3.64. The Kier molecular flexibility index (Phi) is 3.54. The van der Waals surface area contributed by atoms with Gasteiger partial charge in [-0.3, -0.25) is 18.7 Å². The first-order valence-corrected chi connectivity index (χ1v) is 8.22. The van der Waals surface area contributed by atoms with Crippen molar-refractivity contribution in [2.75, 3.05) is 19.6 Å². The van der Waals surface area contributed by atoms with Gasteiger partial charge >= 0.3 is 0 Å². The normalized spacial score (nSPS) is 22.6. The Bertz CT molecular complexity index is 842. The number of nitrogens with two attached hydrogens (primary N) is 1. The molecule has 7 heteroatoms. The lowest BCUT2D eigenvalue weighted by Crippen LogP contribution is -2.45. The fourth-order valence-corrected chi connectivity index (χ4v) is 3.78. The van der Waals surface area contributed by atoms with E-state index in [4.69, 9.17) is 5.73 Å². The molecule has 0 amide bonds. The van der Waals surface area contributed by atoms with Crippen LogP contribution in [0.25, 0.3) is 11.2 Å². The molecule has 2 aliphatic heterocycles. The number of likely N-dealkylation sites (tertiary alicyclic amines) is 1. The third-order valence-corrected chi connectivity index (χ3v) is 5.07. The van der Waals surface area contributed by atoms with Crippen molar-refractivity contribution in [3.05, 3.63) is 39.0 Å². The molecule has 23 heavy (non-hydrogen) atoms. The van der Waals surface area contributed by atoms with E-state index in [9.17, 15) is 9.59 Å². The maximum Gasteiger partial charge on any atom is 0.270 e. The average Bonchev–Trinajstić information content (AvgIpc) is 2.56. The zero-order valence-corrected chi connectivity index (χ0v) is 13.0. The van der Waals surface area contributed by atoms with Crippen molar-refractivity contribution in [3.63, 3.8) is 0 Å². The molecule has 2 N–H and O–H groups in total. The van der Waals surface area contributed by atoms with Crippen molar-refractivity contribution in [2.45, 2.75) is 37.9 Å². The van der Waals surface area contributed by atoms with Crippen molar-refractivity contribution in [3.8, 4) is 0 Å². The second-order valence-electron chi connectivity index (χ2n) is 6.58. The summed E-state index contributed by atoms with van der Waals surface area (Å²) in [6.07, 6.45) is 4.13. The van der Waals surface area contributed by atoms with Crippen molar-refractivity contribution >= 4 is 11.2 Å². The summed E-state index contributed by atoms with van der Waals surface area (Å²) in [4.78, 5) is 31.1. The van der Waals surface area contributed by atoms with Gasteiger partial charge in [-0.05, 0) is 38.4 Å². The number of piperidine rings is 1. The summed E-state index contributed by atoms with van der Waals surface area (Å²) in [5.41, 5.74) is 7.14. The highest BCUT2D eigenvalue weighted by Crippen LogP contribution is 2.24. The smallest absolute Gasteiger partial charge is 0.270 e. The summed E-state index contributed by atoms with van der Waals surface area (Å²) in [5.74, 6) is 0. The molecule has 0 aliphatic carbocycles. The van der Waals surface area contributed by atoms with Gasteiger partial charge in [0.2, 0.25) is 0 Å². The summed E-state index contributed by atoms with van der Waals surface area (Å²) < 4.78 is 3.44. The first kappa shape index (κ1) is 14.6. The van der Waals surface area contributed by atoms with Gasteiger partial charge in [0.15, 0.2) is 0 Å². The van der Waals surface area contributed by atoms with Gasteiger partial charge in [-0.15, -0.1) is 0 Å². The van der Waals surface area contributed by atoms with Crippen LogP contribution in [0.4, 0.5) is 0 Å². The Balaban J connectivity index is 1.74. The van der Waals surface area contributed by atoms with Gasteiger partial charge in [-0.2, -0.15) is 0 Å². The van der Waals surface area contributed by atoms with Gasteiger partial charge in [0.25, 0.3) is 11.1 Å². The van der Waals surface area contributed by atoms with Crippen LogP contribution in [0, 0.1) is 0 Å². The van der Waals surface area contributed by atoms with E-state index in [0.29, 0.717) is 23.8 Å². The molecule has 122 valence electrons. The Hall–Kier alpha value is -1.99. The van der Waals surface area contributed by atoms with Gasteiger partial charge in [0.1, 0.15) is 11.2 Å². The van der Waals surface area contributed by atoms with Crippen molar-refractivity contribution in [2.24, 2.45) is 5.73 Å². The van der Waals surface area contributed by atoms with Crippen molar-refractivity contribution in [1.82, 2.24) is 19.0 Å². The average molecular weight is 315 g/mol. The SMILES string of the molecule is NC1CCN(CC2CCn3c(=O)cnc4ccc(=O)n2c43)CC1. The van der Waals surface area contributed by atoms with E-state index >= 15 is 0 Å². The molecule has 2 aliphatic rings. The van der Waals surface area contributed by atoms with E-state index in [1.165, 1.54) is 6.20 Å². The third kappa shape index (κ3) is 2.49. The van der Waals surface area contributed by atoms with E-state index in [2.05, 4.69) is 9.88 Å². The molecular weight excluding hydrogens is 294 g/mol. The van der Waals surface area contributed by atoms with E-state index < -0.39 is 0 Å². The molecule has 1 atom stereocenters. The molecule has 0 bridgehead atoms. The highest BCUT2D eigenvalue weighted by atomic mass is 16.1. The van der Waals surface area contributed by atoms with Gasteiger partial charge in [-0.25, -0.2) is 4.98 Å². The molecule has 2 aromatic heterocycles. The second-order valence-corrected chi connectivity index (χ2v) is 6.58. The highest BCUT2D eigenvalue weighted by molar-refractivity contribution is 5.70. The fourth-order valence-electron chi connectivity index (χ4n) is 3.78. The molecule has 7 nitrogen and oxygen atoms in total. The predicted molar refractivity (Wildman–Crippen MR) is 87.6 cm³/mol. The van der Waals surface area contributed by atoms with Crippen molar-refractivity contribution < 1.29 is 0 Å². The van der Waals surface area contributed by atoms with Gasteiger partial charge in [0.05, 0.1) is 12.2 Å². The lowest BCUT2D eigenvalue weighted by molar-refractivity contribution is 0.174. The Morgan fingerprint density at radius 2 is 1.87 bits per heavy atom. The number of hydrogen-bond acceptors (Lipinski definition) is 5. The second kappa shape index (κ2) is 5.58. The van der Waals surface area contributed by atoms with Gasteiger partial charge in [0, 0.05) is 25.2 Å². The summed E-state index contributed by atoms with van der Waals surface area (Å²) in [5, 5.41) is 0. The topological polar surface area (TPSA) is 86.2 Å². The number of pyridine rings is 1. The molecular formula is C16H21N5O2. The summed E-state index contributed by atoms with van der Waals surface area (Å²) in [7, 11) is 0. The van der Waals surface area contributed by atoms with Crippen LogP contribution in [0.2, 0.25) is 0 Å². The Morgan fingerprint density at radius 3 is 2.65 bits per heavy atom. The molecule has 4 rings (SSSR count). The molecule has 0 spiro atoms. The highest BCUT2D eigenvalue weighted by Gasteiger charge is 2.26. The van der Waals surface area contributed by atoms with Gasteiger partial charge < -0.3 is 10.6 Å². The van der Waals surface area contributed by atoms with Crippen LogP contribution in [0.3, 0.4) is 0 Å². The Labute approximate surface area is 133 Å². The van der Waals surface area contributed by atoms with E-state index in [-0.39, 0.29) is 17.2 Å². The van der Waals surface area contributed by atoms with E-state index in [0.717, 1.165) is 38.9 Å². The minimum absolute atomic E-state index is 0.0583. The Morgan fingerprint density at radius 1 is 1.09 bits per heavy atom. The maximum atomic E-state index is 12.4. The summed E-state index contributed by atoms with van der Waals surface area (Å²) in [6.45, 7) is 3.42. The van der Waals surface area contributed by atoms with Crippen LogP contribution >= 0.6 is 0 Å². The van der Waals surface area contributed by atoms with Crippen LogP contribution in [0.1, 0.15) is 25.3 Å². The zero-order valence-electron chi connectivity index (χ0n) is 13.0. The molecule has 1 fully saturated rings. The number of aryl methyl sites for hydroxylation is 1. The third-order valence-electron chi connectivity index (χ3n) is 5.07. The minimum Gasteiger partial charge on any atom is -0.328 e. The molecule has 1 saturated heterocycles. The molecule has 0 aromatic carbocycles. The quantitative estimate of drug-likeness (QED) is 0.838. The van der Waals surface area contributed by atoms with Crippen LogP contribution < -0.4 is 16.9 Å².